The maximum atomic E-state index is 12.6. The van der Waals surface area contributed by atoms with Crippen molar-refractivity contribution in [1.82, 2.24) is 5.32 Å². The SMILES string of the molecule is COc1ccc(C(=O)Nc2ccccc2)c(OCC(O)CNC(C)(C)C)c1. The fraction of sp³-hybridized carbons (Fsp3) is 0.381. The highest BCUT2D eigenvalue weighted by molar-refractivity contribution is 6.06. The fourth-order valence-corrected chi connectivity index (χ4v) is 2.33. The summed E-state index contributed by atoms with van der Waals surface area (Å²) in [7, 11) is 1.55. The first-order chi connectivity index (χ1) is 12.8. The normalized spacial score (nSPS) is 12.3. The molecule has 0 bridgehead atoms. The van der Waals surface area contributed by atoms with E-state index in [4.69, 9.17) is 9.47 Å². The van der Waals surface area contributed by atoms with E-state index >= 15 is 0 Å². The minimum absolute atomic E-state index is 0.0574. The second-order valence-corrected chi connectivity index (χ2v) is 7.28. The molecule has 1 amide bonds. The van der Waals surface area contributed by atoms with Crippen molar-refractivity contribution in [2.75, 3.05) is 25.6 Å². The van der Waals surface area contributed by atoms with Gasteiger partial charge < -0.3 is 25.2 Å². The van der Waals surface area contributed by atoms with Gasteiger partial charge in [0, 0.05) is 23.8 Å². The van der Waals surface area contributed by atoms with Gasteiger partial charge in [0.1, 0.15) is 24.2 Å². The predicted molar refractivity (Wildman–Crippen MR) is 107 cm³/mol. The van der Waals surface area contributed by atoms with Crippen LogP contribution in [-0.4, -0.2) is 42.9 Å². The maximum Gasteiger partial charge on any atom is 0.259 e. The molecule has 2 aromatic rings. The van der Waals surface area contributed by atoms with Gasteiger partial charge in [-0.25, -0.2) is 0 Å². The second-order valence-electron chi connectivity index (χ2n) is 7.28. The van der Waals surface area contributed by atoms with E-state index in [0.29, 0.717) is 29.3 Å². The summed E-state index contributed by atoms with van der Waals surface area (Å²) in [6, 6.07) is 14.2. The summed E-state index contributed by atoms with van der Waals surface area (Å²) in [5.74, 6) is 0.641. The van der Waals surface area contributed by atoms with Crippen LogP contribution in [0, 0.1) is 0 Å². The van der Waals surface area contributed by atoms with Gasteiger partial charge in [-0.05, 0) is 45.0 Å². The smallest absolute Gasteiger partial charge is 0.259 e. The number of β-amino-alcohol motifs (C(OH)–C–C–N with tert-alkyl or cyclic N) is 1. The number of benzene rings is 2. The van der Waals surface area contributed by atoms with Crippen LogP contribution in [-0.2, 0) is 0 Å². The summed E-state index contributed by atoms with van der Waals surface area (Å²) in [4.78, 5) is 12.6. The Bertz CT molecular complexity index is 742. The molecule has 0 spiro atoms. The van der Waals surface area contributed by atoms with Gasteiger partial charge in [-0.2, -0.15) is 0 Å². The van der Waals surface area contributed by atoms with Crippen LogP contribution in [0.3, 0.4) is 0 Å². The van der Waals surface area contributed by atoms with Crippen molar-refractivity contribution in [3.05, 3.63) is 54.1 Å². The average molecular weight is 372 g/mol. The Morgan fingerprint density at radius 3 is 2.48 bits per heavy atom. The van der Waals surface area contributed by atoms with Crippen LogP contribution in [0.4, 0.5) is 5.69 Å². The van der Waals surface area contributed by atoms with Crippen LogP contribution in [0.25, 0.3) is 0 Å². The molecule has 0 radical (unpaired) electrons. The number of ether oxygens (including phenoxy) is 2. The monoisotopic (exact) mass is 372 g/mol. The lowest BCUT2D eigenvalue weighted by Crippen LogP contribution is -2.42. The highest BCUT2D eigenvalue weighted by atomic mass is 16.5. The summed E-state index contributed by atoms with van der Waals surface area (Å²) in [5, 5.41) is 16.2. The summed E-state index contributed by atoms with van der Waals surface area (Å²) in [6.45, 7) is 6.51. The van der Waals surface area contributed by atoms with Crippen molar-refractivity contribution in [1.29, 1.82) is 0 Å². The van der Waals surface area contributed by atoms with E-state index in [-0.39, 0.29) is 18.1 Å². The molecule has 6 heteroatoms. The van der Waals surface area contributed by atoms with Crippen molar-refractivity contribution in [3.8, 4) is 11.5 Å². The van der Waals surface area contributed by atoms with Crippen molar-refractivity contribution in [3.63, 3.8) is 0 Å². The van der Waals surface area contributed by atoms with Crippen LogP contribution in [0.2, 0.25) is 0 Å². The zero-order chi connectivity index (χ0) is 19.9. The number of carbonyl (C=O) groups is 1. The highest BCUT2D eigenvalue weighted by Gasteiger charge is 2.17. The van der Waals surface area contributed by atoms with Gasteiger partial charge in [0.2, 0.25) is 0 Å². The molecule has 0 aliphatic rings. The van der Waals surface area contributed by atoms with Gasteiger partial charge in [-0.1, -0.05) is 18.2 Å². The minimum Gasteiger partial charge on any atom is -0.497 e. The van der Waals surface area contributed by atoms with Crippen molar-refractivity contribution in [2.45, 2.75) is 32.4 Å². The molecule has 0 fully saturated rings. The Morgan fingerprint density at radius 2 is 1.85 bits per heavy atom. The topological polar surface area (TPSA) is 79.8 Å². The lowest BCUT2D eigenvalue weighted by molar-refractivity contribution is 0.0953. The number of methoxy groups -OCH3 is 1. The summed E-state index contributed by atoms with van der Waals surface area (Å²) >= 11 is 0. The largest absolute Gasteiger partial charge is 0.497 e. The molecule has 0 saturated carbocycles. The van der Waals surface area contributed by atoms with Gasteiger partial charge in [0.05, 0.1) is 12.7 Å². The third kappa shape index (κ3) is 6.92. The lowest BCUT2D eigenvalue weighted by atomic mass is 10.1. The molecular formula is C21H28N2O4. The lowest BCUT2D eigenvalue weighted by Gasteiger charge is -2.23. The number of hydrogen-bond donors (Lipinski definition) is 3. The van der Waals surface area contributed by atoms with E-state index in [1.54, 1.807) is 25.3 Å². The molecule has 0 aliphatic carbocycles. The predicted octanol–water partition coefficient (Wildman–Crippen LogP) is 3.08. The standard InChI is InChI=1S/C21H28N2O4/c1-21(2,3)22-13-16(24)14-27-19-12-17(26-4)10-11-18(19)20(25)23-15-8-6-5-7-9-15/h5-12,16,22,24H,13-14H2,1-4H3,(H,23,25). The van der Waals surface area contributed by atoms with Crippen molar-refractivity contribution < 1.29 is 19.4 Å². The molecule has 1 unspecified atom stereocenters. The number of carbonyl (C=O) groups excluding carboxylic acids is 1. The quantitative estimate of drug-likeness (QED) is 0.664. The number of anilines is 1. The van der Waals surface area contributed by atoms with E-state index < -0.39 is 6.10 Å². The Kier molecular flexibility index (Phi) is 7.21. The van der Waals surface area contributed by atoms with E-state index in [9.17, 15) is 9.90 Å². The molecule has 6 nitrogen and oxygen atoms in total. The Hall–Kier alpha value is -2.57. The number of hydrogen-bond acceptors (Lipinski definition) is 5. The third-order valence-corrected chi connectivity index (χ3v) is 3.76. The van der Waals surface area contributed by atoms with Crippen molar-refractivity contribution in [2.24, 2.45) is 0 Å². The summed E-state index contributed by atoms with van der Waals surface area (Å²) in [6.07, 6.45) is -0.708. The third-order valence-electron chi connectivity index (χ3n) is 3.76. The van der Waals surface area contributed by atoms with Gasteiger partial charge in [-0.3, -0.25) is 4.79 Å². The molecule has 27 heavy (non-hydrogen) atoms. The molecule has 1 atom stereocenters. The molecular weight excluding hydrogens is 344 g/mol. The summed E-state index contributed by atoms with van der Waals surface area (Å²) < 4.78 is 11.0. The molecule has 3 N–H and O–H groups in total. The van der Waals surface area contributed by atoms with Crippen LogP contribution >= 0.6 is 0 Å². The zero-order valence-electron chi connectivity index (χ0n) is 16.3. The maximum absolute atomic E-state index is 12.6. The molecule has 2 aromatic carbocycles. The number of aliphatic hydroxyl groups excluding tert-OH is 1. The fourth-order valence-electron chi connectivity index (χ4n) is 2.33. The number of rotatable bonds is 8. The zero-order valence-corrected chi connectivity index (χ0v) is 16.3. The number of amides is 1. The second kappa shape index (κ2) is 9.39. The molecule has 0 aromatic heterocycles. The Labute approximate surface area is 160 Å². The number of para-hydroxylation sites is 1. The molecule has 2 rings (SSSR count). The molecule has 0 saturated heterocycles. The first-order valence-electron chi connectivity index (χ1n) is 8.89. The number of nitrogens with one attached hydrogen (secondary N) is 2. The van der Waals surface area contributed by atoms with Crippen LogP contribution in [0.15, 0.2) is 48.5 Å². The van der Waals surface area contributed by atoms with Gasteiger partial charge in [0.25, 0.3) is 5.91 Å². The molecule has 146 valence electrons. The summed E-state index contributed by atoms with van der Waals surface area (Å²) in [5.41, 5.74) is 0.965. The first kappa shape index (κ1) is 20.7. The molecule has 0 heterocycles. The van der Waals surface area contributed by atoms with Gasteiger partial charge in [-0.15, -0.1) is 0 Å². The Morgan fingerprint density at radius 1 is 1.15 bits per heavy atom. The van der Waals surface area contributed by atoms with E-state index in [1.165, 1.54) is 0 Å². The van der Waals surface area contributed by atoms with Crippen LogP contribution in [0.1, 0.15) is 31.1 Å². The van der Waals surface area contributed by atoms with Crippen LogP contribution in [0.5, 0.6) is 11.5 Å². The van der Waals surface area contributed by atoms with Crippen LogP contribution < -0.4 is 20.1 Å². The number of aliphatic hydroxyl groups is 1. The van der Waals surface area contributed by atoms with Crippen molar-refractivity contribution >= 4 is 11.6 Å². The van der Waals surface area contributed by atoms with E-state index in [2.05, 4.69) is 10.6 Å². The van der Waals surface area contributed by atoms with E-state index in [1.807, 2.05) is 51.1 Å². The molecule has 0 aliphatic heterocycles. The highest BCUT2D eigenvalue weighted by Crippen LogP contribution is 2.26. The minimum atomic E-state index is -0.708. The van der Waals surface area contributed by atoms with Gasteiger partial charge >= 0.3 is 0 Å². The Balaban J connectivity index is 2.08. The average Bonchev–Trinajstić information content (AvgIpc) is 2.64. The van der Waals surface area contributed by atoms with E-state index in [0.717, 1.165) is 0 Å². The van der Waals surface area contributed by atoms with Gasteiger partial charge in [0.15, 0.2) is 0 Å². The first-order valence-corrected chi connectivity index (χ1v) is 8.89.